The molecule has 0 radical (unpaired) electrons. The first-order valence-corrected chi connectivity index (χ1v) is 9.73. The zero-order valence-corrected chi connectivity index (χ0v) is 17.1. The maximum absolute atomic E-state index is 12.8. The van der Waals surface area contributed by atoms with Crippen LogP contribution < -0.4 is 16.3 Å². The molecule has 0 aliphatic carbocycles. The van der Waals surface area contributed by atoms with Crippen LogP contribution in [0.15, 0.2) is 53.5 Å². The molecule has 1 aliphatic rings. The van der Waals surface area contributed by atoms with Crippen LogP contribution in [0.1, 0.15) is 31.1 Å². The van der Waals surface area contributed by atoms with Crippen LogP contribution in [0.25, 0.3) is 10.9 Å². The SMILES string of the molecule is CC(C)(C)OC(=O)Nc1cccc(C(=O)N=c2nc3ccccc3c3n2CCN3)c1. The molecule has 4 rings (SSSR count). The van der Waals surface area contributed by atoms with E-state index in [1.807, 2.05) is 28.8 Å². The highest BCUT2D eigenvalue weighted by molar-refractivity contribution is 5.97. The van der Waals surface area contributed by atoms with E-state index in [1.54, 1.807) is 45.0 Å². The highest BCUT2D eigenvalue weighted by Gasteiger charge is 2.18. The van der Waals surface area contributed by atoms with E-state index in [-0.39, 0.29) is 0 Å². The van der Waals surface area contributed by atoms with Crippen molar-refractivity contribution in [2.24, 2.45) is 4.99 Å². The van der Waals surface area contributed by atoms with Crippen LogP contribution in [0, 0.1) is 0 Å². The van der Waals surface area contributed by atoms with Gasteiger partial charge >= 0.3 is 6.09 Å². The number of hydrogen-bond donors (Lipinski definition) is 2. The minimum Gasteiger partial charge on any atom is -0.444 e. The first-order valence-electron chi connectivity index (χ1n) is 9.73. The second-order valence-corrected chi connectivity index (χ2v) is 7.98. The Labute approximate surface area is 173 Å². The molecule has 0 spiro atoms. The molecular formula is C22H23N5O3. The number of nitrogens with one attached hydrogen (secondary N) is 2. The third-order valence-corrected chi connectivity index (χ3v) is 4.48. The van der Waals surface area contributed by atoms with Gasteiger partial charge < -0.3 is 10.1 Å². The van der Waals surface area contributed by atoms with Gasteiger partial charge in [0.15, 0.2) is 0 Å². The van der Waals surface area contributed by atoms with Gasteiger partial charge in [0.05, 0.1) is 5.52 Å². The van der Waals surface area contributed by atoms with E-state index in [0.29, 0.717) is 23.4 Å². The number of ether oxygens (including phenoxy) is 1. The summed E-state index contributed by atoms with van der Waals surface area (Å²) in [6.07, 6.45) is -0.584. The van der Waals surface area contributed by atoms with Gasteiger partial charge in [0.2, 0.25) is 5.62 Å². The van der Waals surface area contributed by atoms with Crippen LogP contribution in [0.3, 0.4) is 0 Å². The average Bonchev–Trinajstić information content (AvgIpc) is 3.17. The van der Waals surface area contributed by atoms with E-state index in [9.17, 15) is 9.59 Å². The summed E-state index contributed by atoms with van der Waals surface area (Å²) in [6.45, 7) is 6.79. The minimum absolute atomic E-state index is 0.346. The number of aromatic nitrogens is 2. The summed E-state index contributed by atoms with van der Waals surface area (Å²) >= 11 is 0. The normalized spacial score (nSPS) is 13.6. The fraction of sp³-hybridized carbons (Fsp3) is 0.273. The summed E-state index contributed by atoms with van der Waals surface area (Å²) in [5.74, 6) is 0.472. The summed E-state index contributed by atoms with van der Waals surface area (Å²) in [5, 5.41) is 6.96. The van der Waals surface area contributed by atoms with E-state index in [2.05, 4.69) is 20.6 Å². The third-order valence-electron chi connectivity index (χ3n) is 4.48. The highest BCUT2D eigenvalue weighted by atomic mass is 16.6. The van der Waals surface area contributed by atoms with Gasteiger partial charge in [0.1, 0.15) is 11.4 Å². The lowest BCUT2D eigenvalue weighted by Crippen LogP contribution is -2.27. The number of rotatable bonds is 2. The van der Waals surface area contributed by atoms with Crippen molar-refractivity contribution in [1.82, 2.24) is 9.55 Å². The molecule has 1 aliphatic heterocycles. The first kappa shape index (κ1) is 19.6. The second-order valence-electron chi connectivity index (χ2n) is 7.98. The molecule has 2 amide bonds. The average molecular weight is 405 g/mol. The number of para-hydroxylation sites is 1. The number of carbonyl (C=O) groups is 2. The quantitative estimate of drug-likeness (QED) is 0.680. The zero-order valence-electron chi connectivity index (χ0n) is 17.1. The van der Waals surface area contributed by atoms with E-state index < -0.39 is 17.6 Å². The topological polar surface area (TPSA) is 97.6 Å². The van der Waals surface area contributed by atoms with Crippen molar-refractivity contribution in [3.63, 3.8) is 0 Å². The van der Waals surface area contributed by atoms with Crippen molar-refractivity contribution >= 4 is 34.4 Å². The maximum Gasteiger partial charge on any atom is 0.412 e. The lowest BCUT2D eigenvalue weighted by Gasteiger charge is -2.19. The fourth-order valence-corrected chi connectivity index (χ4v) is 3.27. The molecule has 30 heavy (non-hydrogen) atoms. The molecule has 2 aromatic carbocycles. The molecule has 8 nitrogen and oxygen atoms in total. The third kappa shape index (κ3) is 4.17. The largest absolute Gasteiger partial charge is 0.444 e. The summed E-state index contributed by atoms with van der Waals surface area (Å²) in [7, 11) is 0. The molecule has 0 saturated carbocycles. The lowest BCUT2D eigenvalue weighted by molar-refractivity contribution is 0.0635. The van der Waals surface area contributed by atoms with Gasteiger partial charge in [0, 0.05) is 29.7 Å². The van der Waals surface area contributed by atoms with Crippen molar-refractivity contribution in [2.75, 3.05) is 17.2 Å². The molecule has 1 aromatic heterocycles. The monoisotopic (exact) mass is 405 g/mol. The zero-order chi connectivity index (χ0) is 21.3. The maximum atomic E-state index is 12.8. The van der Waals surface area contributed by atoms with Gasteiger partial charge in [-0.25, -0.2) is 9.78 Å². The standard InChI is InChI=1S/C22H23N5O3/c1-22(2,3)30-21(29)24-15-8-6-7-14(13-15)19(28)26-20-25-17-10-5-4-9-16(17)18-23-11-12-27(18)20/h4-10,13,23H,11-12H2,1-3H3,(H,24,29). The van der Waals surface area contributed by atoms with Crippen molar-refractivity contribution in [3.8, 4) is 0 Å². The van der Waals surface area contributed by atoms with Gasteiger partial charge in [-0.1, -0.05) is 18.2 Å². The molecule has 2 N–H and O–H groups in total. The Morgan fingerprint density at radius 2 is 1.97 bits per heavy atom. The van der Waals surface area contributed by atoms with E-state index in [4.69, 9.17) is 4.74 Å². The Balaban J connectivity index is 1.65. The number of carbonyl (C=O) groups excluding carboxylic acids is 2. The Morgan fingerprint density at radius 3 is 2.77 bits per heavy atom. The molecule has 0 unspecified atom stereocenters. The number of amides is 2. The molecule has 3 aromatic rings. The number of benzene rings is 2. The highest BCUT2D eigenvalue weighted by Crippen LogP contribution is 2.22. The molecule has 2 heterocycles. The number of hydrogen-bond acceptors (Lipinski definition) is 5. The Hall–Kier alpha value is -3.68. The van der Waals surface area contributed by atoms with Gasteiger partial charge in [-0.15, -0.1) is 0 Å². The van der Waals surface area contributed by atoms with Crippen LogP contribution >= 0.6 is 0 Å². The van der Waals surface area contributed by atoms with E-state index in [1.165, 1.54) is 0 Å². The van der Waals surface area contributed by atoms with E-state index in [0.717, 1.165) is 23.3 Å². The molecule has 0 saturated heterocycles. The van der Waals surface area contributed by atoms with Crippen molar-refractivity contribution in [1.29, 1.82) is 0 Å². The number of nitrogens with zero attached hydrogens (tertiary/aromatic N) is 3. The Kier molecular flexibility index (Phi) is 4.99. The summed E-state index contributed by atoms with van der Waals surface area (Å²) < 4.78 is 7.16. The van der Waals surface area contributed by atoms with Gasteiger partial charge in [-0.3, -0.25) is 14.7 Å². The Morgan fingerprint density at radius 1 is 1.17 bits per heavy atom. The molecule has 8 heteroatoms. The molecular weight excluding hydrogens is 382 g/mol. The molecule has 0 atom stereocenters. The predicted octanol–water partition coefficient (Wildman–Crippen LogP) is 3.55. The minimum atomic E-state index is -0.611. The molecule has 154 valence electrons. The summed E-state index contributed by atoms with van der Waals surface area (Å²) in [6, 6.07) is 14.3. The van der Waals surface area contributed by atoms with Gasteiger partial charge in [0.25, 0.3) is 5.91 Å². The lowest BCUT2D eigenvalue weighted by atomic mass is 10.2. The second kappa shape index (κ2) is 7.62. The van der Waals surface area contributed by atoms with Crippen molar-refractivity contribution in [2.45, 2.75) is 32.9 Å². The van der Waals surface area contributed by atoms with E-state index >= 15 is 0 Å². The number of fused-ring (bicyclic) bond motifs is 3. The fourth-order valence-electron chi connectivity index (χ4n) is 3.27. The van der Waals surface area contributed by atoms with Crippen LogP contribution in [0.2, 0.25) is 0 Å². The van der Waals surface area contributed by atoms with Crippen molar-refractivity contribution in [3.05, 3.63) is 59.7 Å². The summed E-state index contributed by atoms with van der Waals surface area (Å²) in [5.41, 5.74) is 1.31. The van der Waals surface area contributed by atoms with Gasteiger partial charge in [-0.2, -0.15) is 4.99 Å². The van der Waals surface area contributed by atoms with Crippen LogP contribution in [-0.2, 0) is 11.3 Å². The number of anilines is 2. The first-order chi connectivity index (χ1) is 14.3. The molecule has 0 bridgehead atoms. The van der Waals surface area contributed by atoms with Gasteiger partial charge in [-0.05, 0) is 51.1 Å². The van der Waals surface area contributed by atoms with Crippen LogP contribution in [0.4, 0.5) is 16.3 Å². The smallest absolute Gasteiger partial charge is 0.412 e. The predicted molar refractivity (Wildman–Crippen MR) is 114 cm³/mol. The van der Waals surface area contributed by atoms with Crippen LogP contribution in [-0.4, -0.2) is 33.7 Å². The van der Waals surface area contributed by atoms with Crippen molar-refractivity contribution < 1.29 is 14.3 Å². The summed E-state index contributed by atoms with van der Waals surface area (Å²) in [4.78, 5) is 33.7. The Bertz CT molecular complexity index is 1210. The molecule has 0 fully saturated rings. The van der Waals surface area contributed by atoms with Crippen LogP contribution in [0.5, 0.6) is 0 Å².